The summed E-state index contributed by atoms with van der Waals surface area (Å²) in [6.07, 6.45) is 4.67. The van der Waals surface area contributed by atoms with Crippen molar-refractivity contribution in [2.75, 3.05) is 32.4 Å². The maximum Gasteiger partial charge on any atom is 0.225 e. The van der Waals surface area contributed by atoms with Crippen LogP contribution in [0.3, 0.4) is 0 Å². The number of amides is 1. The van der Waals surface area contributed by atoms with Crippen molar-refractivity contribution >= 4 is 15.9 Å². The van der Waals surface area contributed by atoms with Crippen LogP contribution in [0.25, 0.3) is 0 Å². The Morgan fingerprint density at radius 3 is 2.00 bits per heavy atom. The third kappa shape index (κ3) is 3.73. The first-order valence-electron chi connectivity index (χ1n) is 7.43. The van der Waals surface area contributed by atoms with Gasteiger partial charge in [-0.3, -0.25) is 4.79 Å². The zero-order chi connectivity index (χ0) is 15.0. The molecule has 6 heteroatoms. The number of likely N-dealkylation sites (tertiary alicyclic amines) is 1. The minimum absolute atomic E-state index is 0.00853. The first kappa shape index (κ1) is 15.8. The average Bonchev–Trinajstić information content (AvgIpc) is 2.37. The van der Waals surface area contributed by atoms with Crippen LogP contribution >= 0.6 is 0 Å². The van der Waals surface area contributed by atoms with Crippen LogP contribution in [0.5, 0.6) is 0 Å². The van der Waals surface area contributed by atoms with Gasteiger partial charge in [-0.1, -0.05) is 13.8 Å². The van der Waals surface area contributed by atoms with E-state index >= 15 is 0 Å². The van der Waals surface area contributed by atoms with Crippen molar-refractivity contribution in [3.05, 3.63) is 0 Å². The Labute approximate surface area is 122 Å². The minimum atomic E-state index is -3.11. The Kier molecular flexibility index (Phi) is 4.44. The van der Waals surface area contributed by atoms with E-state index in [9.17, 15) is 13.2 Å². The fourth-order valence-corrected chi connectivity index (χ4v) is 3.90. The summed E-state index contributed by atoms with van der Waals surface area (Å²) in [5, 5.41) is 0. The van der Waals surface area contributed by atoms with Crippen LogP contribution in [0.1, 0.15) is 39.5 Å². The second kappa shape index (κ2) is 5.64. The number of carbonyl (C=O) groups excluding carboxylic acids is 1. The summed E-state index contributed by atoms with van der Waals surface area (Å²) in [6.45, 7) is 7.15. The molecule has 2 saturated heterocycles. The lowest BCUT2D eigenvalue weighted by Crippen LogP contribution is -2.47. The molecular weight excluding hydrogens is 276 g/mol. The Balaban J connectivity index is 1.87. The molecule has 20 heavy (non-hydrogen) atoms. The number of nitrogens with zero attached hydrogens (tertiary/aromatic N) is 2. The third-order valence-electron chi connectivity index (χ3n) is 4.70. The Hall–Kier alpha value is -0.620. The van der Waals surface area contributed by atoms with Gasteiger partial charge in [0.2, 0.25) is 15.9 Å². The number of piperidine rings is 2. The quantitative estimate of drug-likeness (QED) is 0.773. The molecule has 2 aliphatic heterocycles. The molecular formula is C14H26N2O3S. The molecule has 0 aromatic carbocycles. The highest BCUT2D eigenvalue weighted by molar-refractivity contribution is 7.88. The van der Waals surface area contributed by atoms with Crippen LogP contribution in [0.15, 0.2) is 0 Å². The van der Waals surface area contributed by atoms with E-state index in [2.05, 4.69) is 13.8 Å². The molecule has 2 rings (SSSR count). The van der Waals surface area contributed by atoms with E-state index in [1.165, 1.54) is 10.6 Å². The molecule has 1 amide bonds. The third-order valence-corrected chi connectivity index (χ3v) is 6.00. The van der Waals surface area contributed by atoms with Gasteiger partial charge in [0.25, 0.3) is 0 Å². The second-order valence-electron chi connectivity index (χ2n) is 6.93. The number of rotatable bonds is 2. The van der Waals surface area contributed by atoms with Crippen molar-refractivity contribution in [3.8, 4) is 0 Å². The second-order valence-corrected chi connectivity index (χ2v) is 8.91. The SMILES string of the molecule is CC1(C)CCN(C(=O)C2CCN(S(C)(=O)=O)CC2)CC1. The molecule has 2 fully saturated rings. The lowest BCUT2D eigenvalue weighted by Gasteiger charge is -2.39. The van der Waals surface area contributed by atoms with E-state index in [0.717, 1.165) is 25.9 Å². The van der Waals surface area contributed by atoms with E-state index in [1.54, 1.807) is 0 Å². The molecule has 116 valence electrons. The van der Waals surface area contributed by atoms with Crippen LogP contribution in [-0.2, 0) is 14.8 Å². The van der Waals surface area contributed by atoms with Gasteiger partial charge >= 0.3 is 0 Å². The number of sulfonamides is 1. The Bertz CT molecular complexity index is 455. The molecule has 0 radical (unpaired) electrons. The minimum Gasteiger partial charge on any atom is -0.342 e. The molecule has 0 aliphatic carbocycles. The Morgan fingerprint density at radius 1 is 1.05 bits per heavy atom. The van der Waals surface area contributed by atoms with Gasteiger partial charge in [0.05, 0.1) is 6.26 Å². The van der Waals surface area contributed by atoms with Crippen molar-refractivity contribution in [1.29, 1.82) is 0 Å². The fourth-order valence-electron chi connectivity index (χ4n) is 3.03. The highest BCUT2D eigenvalue weighted by atomic mass is 32.2. The average molecular weight is 302 g/mol. The predicted molar refractivity (Wildman–Crippen MR) is 78.7 cm³/mol. The van der Waals surface area contributed by atoms with E-state index in [4.69, 9.17) is 0 Å². The largest absolute Gasteiger partial charge is 0.342 e. The van der Waals surface area contributed by atoms with E-state index in [0.29, 0.717) is 31.3 Å². The maximum atomic E-state index is 12.5. The van der Waals surface area contributed by atoms with Crippen LogP contribution in [0.4, 0.5) is 0 Å². The van der Waals surface area contributed by atoms with Crippen molar-refractivity contribution in [1.82, 2.24) is 9.21 Å². The lowest BCUT2D eigenvalue weighted by atomic mass is 9.82. The van der Waals surface area contributed by atoms with Gasteiger partial charge in [-0.25, -0.2) is 12.7 Å². The lowest BCUT2D eigenvalue weighted by molar-refractivity contribution is -0.138. The summed E-state index contributed by atoms with van der Waals surface area (Å²) >= 11 is 0. The molecule has 0 aromatic heterocycles. The summed E-state index contributed by atoms with van der Waals surface area (Å²) in [6, 6.07) is 0. The highest BCUT2D eigenvalue weighted by Gasteiger charge is 2.34. The molecule has 0 bridgehead atoms. The Morgan fingerprint density at radius 2 is 1.55 bits per heavy atom. The van der Waals surface area contributed by atoms with Crippen LogP contribution < -0.4 is 0 Å². The maximum absolute atomic E-state index is 12.5. The first-order valence-corrected chi connectivity index (χ1v) is 9.28. The topological polar surface area (TPSA) is 57.7 Å². The van der Waals surface area contributed by atoms with E-state index < -0.39 is 10.0 Å². The normalized spacial score (nSPS) is 25.6. The summed E-state index contributed by atoms with van der Waals surface area (Å²) in [5.74, 6) is 0.239. The molecule has 0 N–H and O–H groups in total. The molecule has 0 spiro atoms. The van der Waals surface area contributed by atoms with Gasteiger partial charge in [0.15, 0.2) is 0 Å². The molecule has 0 atom stereocenters. The zero-order valence-corrected chi connectivity index (χ0v) is 13.6. The standard InChI is InChI=1S/C14H26N2O3S/c1-14(2)6-10-15(11-7-14)13(17)12-4-8-16(9-5-12)20(3,18)19/h12H,4-11H2,1-3H3. The summed E-state index contributed by atoms with van der Waals surface area (Å²) in [5.41, 5.74) is 0.344. The van der Waals surface area contributed by atoms with Gasteiger partial charge in [-0.15, -0.1) is 0 Å². The highest BCUT2D eigenvalue weighted by Crippen LogP contribution is 2.31. The molecule has 0 unspecified atom stereocenters. The van der Waals surface area contributed by atoms with Crippen LogP contribution in [0, 0.1) is 11.3 Å². The van der Waals surface area contributed by atoms with E-state index in [1.807, 2.05) is 4.90 Å². The van der Waals surface area contributed by atoms with Gasteiger partial charge < -0.3 is 4.90 Å². The van der Waals surface area contributed by atoms with Gasteiger partial charge in [0.1, 0.15) is 0 Å². The van der Waals surface area contributed by atoms with E-state index in [-0.39, 0.29) is 11.8 Å². The van der Waals surface area contributed by atoms with Crippen molar-refractivity contribution in [2.24, 2.45) is 11.3 Å². The van der Waals surface area contributed by atoms with Crippen molar-refractivity contribution < 1.29 is 13.2 Å². The molecule has 2 aliphatic rings. The molecule has 0 saturated carbocycles. The molecule has 0 aromatic rings. The summed E-state index contributed by atoms with van der Waals surface area (Å²) in [7, 11) is -3.11. The smallest absolute Gasteiger partial charge is 0.225 e. The van der Waals surface area contributed by atoms with Crippen LogP contribution in [0.2, 0.25) is 0 Å². The summed E-state index contributed by atoms with van der Waals surface area (Å²) < 4.78 is 24.4. The monoisotopic (exact) mass is 302 g/mol. The number of carbonyl (C=O) groups is 1. The van der Waals surface area contributed by atoms with Crippen molar-refractivity contribution in [2.45, 2.75) is 39.5 Å². The molecule has 2 heterocycles. The number of hydrogen-bond acceptors (Lipinski definition) is 3. The predicted octanol–water partition coefficient (Wildman–Crippen LogP) is 1.31. The number of hydrogen-bond donors (Lipinski definition) is 0. The van der Waals surface area contributed by atoms with Gasteiger partial charge in [0, 0.05) is 32.1 Å². The molecule has 5 nitrogen and oxygen atoms in total. The van der Waals surface area contributed by atoms with Gasteiger partial charge in [-0.05, 0) is 31.1 Å². The zero-order valence-electron chi connectivity index (χ0n) is 12.8. The van der Waals surface area contributed by atoms with Crippen LogP contribution in [-0.4, -0.2) is 56.0 Å². The first-order chi connectivity index (χ1) is 9.19. The summed E-state index contributed by atoms with van der Waals surface area (Å²) in [4.78, 5) is 14.5. The van der Waals surface area contributed by atoms with Crippen molar-refractivity contribution in [3.63, 3.8) is 0 Å². The van der Waals surface area contributed by atoms with Gasteiger partial charge in [-0.2, -0.15) is 0 Å². The fraction of sp³-hybridized carbons (Fsp3) is 0.929.